The second-order valence-corrected chi connectivity index (χ2v) is 8.61. The number of para-hydroxylation sites is 1. The number of nitrogens with zero attached hydrogens (tertiary/aromatic N) is 3. The molecule has 3 aromatic carbocycles. The summed E-state index contributed by atoms with van der Waals surface area (Å²) in [5.74, 6) is 0.702. The number of halogens is 3. The number of carbonyl (C=O) groups is 1. The van der Waals surface area contributed by atoms with E-state index >= 15 is 0 Å². The van der Waals surface area contributed by atoms with Gasteiger partial charge in [-0.15, -0.1) is 10.2 Å². The van der Waals surface area contributed by atoms with Crippen LogP contribution in [-0.2, 0) is 4.79 Å². The van der Waals surface area contributed by atoms with Crippen molar-refractivity contribution in [1.82, 2.24) is 15.0 Å². The molecule has 0 bridgehead atoms. The Bertz CT molecular complexity index is 1520. The van der Waals surface area contributed by atoms with Crippen molar-refractivity contribution in [2.45, 2.75) is 0 Å². The summed E-state index contributed by atoms with van der Waals surface area (Å²) in [6.45, 7) is 0. The largest absolute Gasteiger partial charge is 0.457 e. The van der Waals surface area contributed by atoms with Crippen LogP contribution in [0.15, 0.2) is 83.3 Å². The van der Waals surface area contributed by atoms with Crippen LogP contribution in [0.2, 0.25) is 15.1 Å². The number of anilines is 1. The maximum Gasteiger partial charge on any atom is 0.248 e. The van der Waals surface area contributed by atoms with Crippen molar-refractivity contribution in [3.8, 4) is 17.0 Å². The lowest BCUT2D eigenvalue weighted by Crippen LogP contribution is -2.08. The van der Waals surface area contributed by atoms with E-state index in [-0.39, 0.29) is 5.91 Å². The number of aromatic nitrogens is 3. The van der Waals surface area contributed by atoms with Crippen LogP contribution in [-0.4, -0.2) is 20.9 Å². The SMILES string of the molecule is O=C(/C=C/c1ccc(-c2cc(Cl)cc(Cl)c2)o1)Nc1cc2nn(-c3ccccc3)nc2cc1Cl. The number of fused-ring (bicyclic) bond motifs is 1. The van der Waals surface area contributed by atoms with Gasteiger partial charge in [-0.1, -0.05) is 53.0 Å². The topological polar surface area (TPSA) is 73.0 Å². The zero-order valence-corrected chi connectivity index (χ0v) is 19.6. The Kier molecular flexibility index (Phi) is 6.11. The van der Waals surface area contributed by atoms with E-state index in [1.54, 1.807) is 48.5 Å². The second kappa shape index (κ2) is 9.35. The highest BCUT2D eigenvalue weighted by Gasteiger charge is 2.11. The number of furan rings is 1. The summed E-state index contributed by atoms with van der Waals surface area (Å²) in [5.41, 5.74) is 3.21. The molecule has 1 amide bonds. The lowest BCUT2D eigenvalue weighted by atomic mass is 10.2. The molecule has 9 heteroatoms. The van der Waals surface area contributed by atoms with Gasteiger partial charge in [-0.3, -0.25) is 4.79 Å². The normalized spacial score (nSPS) is 11.4. The molecule has 0 fully saturated rings. The van der Waals surface area contributed by atoms with Crippen LogP contribution in [0.25, 0.3) is 34.1 Å². The van der Waals surface area contributed by atoms with Gasteiger partial charge in [0.15, 0.2) is 0 Å². The zero-order chi connectivity index (χ0) is 23.7. The van der Waals surface area contributed by atoms with Crippen molar-refractivity contribution < 1.29 is 9.21 Å². The molecule has 0 saturated heterocycles. The first-order valence-corrected chi connectivity index (χ1v) is 11.3. The monoisotopic (exact) mass is 508 g/mol. The van der Waals surface area contributed by atoms with E-state index in [1.807, 2.05) is 30.3 Å². The highest BCUT2D eigenvalue weighted by Crippen LogP contribution is 2.29. The third-order valence-electron chi connectivity index (χ3n) is 4.89. The third kappa shape index (κ3) is 4.84. The Morgan fingerprint density at radius 1 is 0.882 bits per heavy atom. The fourth-order valence-electron chi connectivity index (χ4n) is 3.34. The van der Waals surface area contributed by atoms with Gasteiger partial charge in [-0.05, 0) is 60.7 Å². The average Bonchev–Trinajstić information content (AvgIpc) is 3.45. The predicted octanol–water partition coefficient (Wildman–Crippen LogP) is 7.29. The summed E-state index contributed by atoms with van der Waals surface area (Å²) in [7, 11) is 0. The summed E-state index contributed by atoms with van der Waals surface area (Å²) in [6.07, 6.45) is 2.91. The fraction of sp³-hybridized carbons (Fsp3) is 0. The van der Waals surface area contributed by atoms with Crippen molar-refractivity contribution in [1.29, 1.82) is 0 Å². The molecule has 0 radical (unpaired) electrons. The number of carbonyl (C=O) groups excluding carboxylic acids is 1. The number of hydrogen-bond acceptors (Lipinski definition) is 4. The van der Waals surface area contributed by atoms with Gasteiger partial charge in [0.25, 0.3) is 0 Å². The van der Waals surface area contributed by atoms with E-state index in [1.165, 1.54) is 10.9 Å². The lowest BCUT2D eigenvalue weighted by Gasteiger charge is -2.04. The molecule has 0 aliphatic rings. The van der Waals surface area contributed by atoms with E-state index in [2.05, 4.69) is 15.5 Å². The Morgan fingerprint density at radius 2 is 1.59 bits per heavy atom. The van der Waals surface area contributed by atoms with Gasteiger partial charge in [0, 0.05) is 21.7 Å². The molecule has 0 saturated carbocycles. The molecule has 34 heavy (non-hydrogen) atoms. The van der Waals surface area contributed by atoms with Gasteiger partial charge < -0.3 is 9.73 Å². The second-order valence-electron chi connectivity index (χ2n) is 7.33. The molecule has 2 heterocycles. The van der Waals surface area contributed by atoms with E-state index in [4.69, 9.17) is 39.2 Å². The minimum atomic E-state index is -0.375. The fourth-order valence-corrected chi connectivity index (χ4v) is 4.07. The Labute approximate surface area is 209 Å². The van der Waals surface area contributed by atoms with Gasteiger partial charge in [-0.2, -0.15) is 4.80 Å². The molecule has 0 unspecified atom stereocenters. The van der Waals surface area contributed by atoms with E-state index in [0.29, 0.717) is 43.3 Å². The van der Waals surface area contributed by atoms with Crippen LogP contribution >= 0.6 is 34.8 Å². The minimum Gasteiger partial charge on any atom is -0.457 e. The highest BCUT2D eigenvalue weighted by molar-refractivity contribution is 6.35. The van der Waals surface area contributed by atoms with Crippen molar-refractivity contribution in [3.63, 3.8) is 0 Å². The van der Waals surface area contributed by atoms with Gasteiger partial charge in [0.05, 0.1) is 16.4 Å². The Balaban J connectivity index is 1.32. The molecule has 5 aromatic rings. The summed E-state index contributed by atoms with van der Waals surface area (Å²) < 4.78 is 5.78. The lowest BCUT2D eigenvalue weighted by molar-refractivity contribution is -0.111. The average molecular weight is 510 g/mol. The van der Waals surface area contributed by atoms with Gasteiger partial charge in [0.1, 0.15) is 22.6 Å². The highest BCUT2D eigenvalue weighted by atomic mass is 35.5. The Hall–Kier alpha value is -3.58. The Morgan fingerprint density at radius 3 is 2.32 bits per heavy atom. The first kappa shape index (κ1) is 22.2. The van der Waals surface area contributed by atoms with Gasteiger partial charge >= 0.3 is 0 Å². The molecule has 1 N–H and O–H groups in total. The summed E-state index contributed by atoms with van der Waals surface area (Å²) in [6, 6.07) is 21.5. The van der Waals surface area contributed by atoms with Crippen LogP contribution < -0.4 is 5.32 Å². The molecule has 0 atom stereocenters. The van der Waals surface area contributed by atoms with Crippen molar-refractivity contribution in [2.75, 3.05) is 5.32 Å². The van der Waals surface area contributed by atoms with E-state index < -0.39 is 0 Å². The number of nitrogens with one attached hydrogen (secondary N) is 1. The number of rotatable bonds is 5. The first-order chi connectivity index (χ1) is 16.4. The number of benzene rings is 3. The molecule has 2 aromatic heterocycles. The maximum atomic E-state index is 12.5. The maximum absolute atomic E-state index is 12.5. The summed E-state index contributed by atoms with van der Waals surface area (Å²) >= 11 is 18.5. The summed E-state index contributed by atoms with van der Waals surface area (Å²) in [5, 5.41) is 13.0. The summed E-state index contributed by atoms with van der Waals surface area (Å²) in [4.78, 5) is 14.0. The minimum absolute atomic E-state index is 0.354. The molecular formula is C25H15Cl3N4O2. The standard InChI is InChI=1S/C25H15Cl3N4O2/c26-16-10-15(11-17(27)12-16)24-8-6-19(34-24)7-9-25(33)29-21-14-23-22(13-20(21)28)30-32(31-23)18-4-2-1-3-5-18/h1-14H,(H,29,33)/b9-7+. The molecule has 6 nitrogen and oxygen atoms in total. The number of amides is 1. The van der Waals surface area contributed by atoms with Crippen molar-refractivity contribution in [3.05, 3.63) is 99.7 Å². The number of hydrogen-bond donors (Lipinski definition) is 1. The quantitative estimate of drug-likeness (QED) is 0.252. The van der Waals surface area contributed by atoms with E-state index in [9.17, 15) is 4.79 Å². The van der Waals surface area contributed by atoms with Crippen LogP contribution in [0.4, 0.5) is 5.69 Å². The first-order valence-electron chi connectivity index (χ1n) is 10.1. The van der Waals surface area contributed by atoms with Crippen LogP contribution in [0, 0.1) is 0 Å². The van der Waals surface area contributed by atoms with Crippen LogP contribution in [0.1, 0.15) is 5.76 Å². The zero-order valence-electron chi connectivity index (χ0n) is 17.4. The smallest absolute Gasteiger partial charge is 0.248 e. The third-order valence-corrected chi connectivity index (χ3v) is 5.64. The van der Waals surface area contributed by atoms with Crippen molar-refractivity contribution >= 4 is 63.5 Å². The van der Waals surface area contributed by atoms with Gasteiger partial charge in [-0.25, -0.2) is 0 Å². The van der Waals surface area contributed by atoms with Gasteiger partial charge in [0.2, 0.25) is 5.91 Å². The molecule has 0 aliphatic heterocycles. The molecule has 0 spiro atoms. The molecular weight excluding hydrogens is 495 g/mol. The van der Waals surface area contributed by atoms with Crippen LogP contribution in [0.5, 0.6) is 0 Å². The van der Waals surface area contributed by atoms with Crippen LogP contribution in [0.3, 0.4) is 0 Å². The molecule has 5 rings (SSSR count). The molecule has 0 aliphatic carbocycles. The van der Waals surface area contributed by atoms with E-state index in [0.717, 1.165) is 11.3 Å². The van der Waals surface area contributed by atoms with Crippen molar-refractivity contribution in [2.24, 2.45) is 0 Å². The molecule has 168 valence electrons. The predicted molar refractivity (Wildman–Crippen MR) is 136 cm³/mol.